The van der Waals surface area contributed by atoms with Crippen LogP contribution in [0.25, 0.3) is 0 Å². The molecule has 0 N–H and O–H groups in total. The summed E-state index contributed by atoms with van der Waals surface area (Å²) in [6.45, 7) is 1.10. The Bertz CT molecular complexity index is 419. The zero-order valence-corrected chi connectivity index (χ0v) is 18.5. The Morgan fingerprint density at radius 1 is 0.833 bits per heavy atom. The quantitative estimate of drug-likeness (QED) is 0.576. The van der Waals surface area contributed by atoms with Crippen LogP contribution in [0.4, 0.5) is 0 Å². The predicted molar refractivity (Wildman–Crippen MR) is 121 cm³/mol. The van der Waals surface area contributed by atoms with Crippen molar-refractivity contribution in [3.63, 3.8) is 0 Å². The van der Waals surface area contributed by atoms with Gasteiger partial charge in [-0.3, -0.25) is 4.99 Å². The molecule has 0 aliphatic carbocycles. The van der Waals surface area contributed by atoms with Crippen molar-refractivity contribution >= 4 is 64.5 Å². The number of hydrogen-bond donors (Lipinski definition) is 0. The van der Waals surface area contributed by atoms with Crippen molar-refractivity contribution in [3.8, 4) is 0 Å². The molecule has 0 spiro atoms. The molecule has 0 aromatic rings. The molecule has 3 atom stereocenters. The molecule has 0 saturated carbocycles. The van der Waals surface area contributed by atoms with Crippen molar-refractivity contribution in [3.05, 3.63) is 0 Å². The Kier molecular flexibility index (Phi) is 7.10. The van der Waals surface area contributed by atoms with E-state index in [1.807, 2.05) is 0 Å². The Labute approximate surface area is 168 Å². The van der Waals surface area contributed by atoms with E-state index in [1.54, 1.807) is 5.71 Å². The maximum absolute atomic E-state index is 5.31. The average Bonchev–Trinajstić information content (AvgIpc) is 2.70. The van der Waals surface area contributed by atoms with Crippen LogP contribution in [0.2, 0.25) is 0 Å². The second kappa shape index (κ2) is 9.07. The standard InChI is InChI=1S/C18H29NS5/c1-2-8-23-15(4-1)18(16-5-9-20-13-24-16)6-3-7-19-17(18)14-10-21-12-22-11-14/h14-16H,1-13H2. The van der Waals surface area contributed by atoms with Crippen LogP contribution in [0.3, 0.4) is 0 Å². The van der Waals surface area contributed by atoms with E-state index in [0.717, 1.165) is 23.0 Å². The smallest absolute Gasteiger partial charge is 0.0395 e. The first-order valence-electron chi connectivity index (χ1n) is 9.42. The summed E-state index contributed by atoms with van der Waals surface area (Å²) in [5.74, 6) is 6.18. The zero-order chi connectivity index (χ0) is 16.2. The second-order valence-electron chi connectivity index (χ2n) is 7.29. The van der Waals surface area contributed by atoms with Gasteiger partial charge in [-0.05, 0) is 43.6 Å². The van der Waals surface area contributed by atoms with Crippen LogP contribution < -0.4 is 0 Å². The molecule has 0 bridgehead atoms. The van der Waals surface area contributed by atoms with E-state index in [0.29, 0.717) is 5.41 Å². The van der Waals surface area contributed by atoms with Crippen LogP contribution in [-0.4, -0.2) is 55.9 Å². The molecule has 4 heterocycles. The van der Waals surface area contributed by atoms with E-state index in [2.05, 4.69) is 58.8 Å². The number of aliphatic imine (C=N–C) groups is 1. The summed E-state index contributed by atoms with van der Waals surface area (Å²) < 4.78 is 0. The van der Waals surface area contributed by atoms with Crippen LogP contribution in [0.15, 0.2) is 4.99 Å². The maximum Gasteiger partial charge on any atom is 0.0395 e. The molecule has 4 aliphatic rings. The fourth-order valence-electron chi connectivity index (χ4n) is 4.88. The van der Waals surface area contributed by atoms with E-state index in [9.17, 15) is 0 Å². The van der Waals surface area contributed by atoms with E-state index < -0.39 is 0 Å². The third-order valence-electron chi connectivity index (χ3n) is 5.90. The molecule has 3 unspecified atom stereocenters. The first-order valence-corrected chi connectivity index (χ1v) is 15.0. The van der Waals surface area contributed by atoms with Crippen LogP contribution >= 0.6 is 58.8 Å². The predicted octanol–water partition coefficient (Wildman–Crippen LogP) is 5.74. The fraction of sp³-hybridized carbons (Fsp3) is 0.944. The molecule has 24 heavy (non-hydrogen) atoms. The minimum absolute atomic E-state index is 0.429. The number of hydrogen-bond acceptors (Lipinski definition) is 6. The Hall–Kier alpha value is 1.42. The Balaban J connectivity index is 1.68. The van der Waals surface area contributed by atoms with Crippen molar-refractivity contribution in [1.82, 2.24) is 0 Å². The molecule has 3 fully saturated rings. The van der Waals surface area contributed by atoms with E-state index in [4.69, 9.17) is 4.99 Å². The minimum atomic E-state index is 0.429. The van der Waals surface area contributed by atoms with Gasteiger partial charge in [0, 0.05) is 55.8 Å². The van der Waals surface area contributed by atoms with Gasteiger partial charge in [0.05, 0.1) is 0 Å². The molecule has 136 valence electrons. The van der Waals surface area contributed by atoms with Gasteiger partial charge in [-0.2, -0.15) is 47.0 Å². The topological polar surface area (TPSA) is 12.4 Å². The molecule has 6 heteroatoms. The van der Waals surface area contributed by atoms with Crippen molar-refractivity contribution in [1.29, 1.82) is 0 Å². The van der Waals surface area contributed by atoms with Crippen molar-refractivity contribution in [2.45, 2.75) is 49.0 Å². The van der Waals surface area contributed by atoms with Gasteiger partial charge >= 0.3 is 0 Å². The summed E-state index contributed by atoms with van der Waals surface area (Å²) in [6, 6.07) is 0. The van der Waals surface area contributed by atoms with Gasteiger partial charge in [-0.1, -0.05) is 6.42 Å². The van der Waals surface area contributed by atoms with Crippen LogP contribution in [0.5, 0.6) is 0 Å². The molecule has 0 amide bonds. The molecular weight excluding hydrogens is 391 g/mol. The molecular formula is C18H29NS5. The summed E-state index contributed by atoms with van der Waals surface area (Å²) in [4.78, 5) is 5.31. The molecule has 0 aromatic carbocycles. The van der Waals surface area contributed by atoms with E-state index in [-0.39, 0.29) is 0 Å². The normalized spacial score (nSPS) is 39.4. The highest BCUT2D eigenvalue weighted by Crippen LogP contribution is 2.54. The summed E-state index contributed by atoms with van der Waals surface area (Å²) >= 11 is 11.1. The monoisotopic (exact) mass is 419 g/mol. The first kappa shape index (κ1) is 18.8. The molecule has 0 radical (unpaired) electrons. The summed E-state index contributed by atoms with van der Waals surface area (Å²) in [5.41, 5.74) is 2.12. The van der Waals surface area contributed by atoms with Crippen LogP contribution in [0, 0.1) is 11.3 Å². The summed E-state index contributed by atoms with van der Waals surface area (Å²) in [5, 5.41) is 4.29. The van der Waals surface area contributed by atoms with Crippen molar-refractivity contribution < 1.29 is 0 Å². The highest BCUT2D eigenvalue weighted by molar-refractivity contribution is 8.17. The van der Waals surface area contributed by atoms with Gasteiger partial charge < -0.3 is 0 Å². The van der Waals surface area contributed by atoms with Crippen molar-refractivity contribution in [2.75, 3.05) is 39.7 Å². The number of thioether (sulfide) groups is 5. The molecule has 3 saturated heterocycles. The highest BCUT2D eigenvalue weighted by Gasteiger charge is 2.52. The van der Waals surface area contributed by atoms with Crippen LogP contribution in [0.1, 0.15) is 38.5 Å². The molecule has 4 rings (SSSR count). The highest BCUT2D eigenvalue weighted by atomic mass is 32.2. The van der Waals surface area contributed by atoms with Gasteiger partial charge in [-0.15, -0.1) is 11.8 Å². The van der Waals surface area contributed by atoms with Gasteiger partial charge in [0.2, 0.25) is 0 Å². The van der Waals surface area contributed by atoms with Gasteiger partial charge in [0.1, 0.15) is 0 Å². The Morgan fingerprint density at radius 2 is 1.71 bits per heavy atom. The SMILES string of the molecule is C1CCC(C2(C3CCSCS3)CCCN=C2C2CSCSC2)SC1. The lowest BCUT2D eigenvalue weighted by Gasteiger charge is -2.52. The Morgan fingerprint density at radius 3 is 2.46 bits per heavy atom. The lowest BCUT2D eigenvalue weighted by Crippen LogP contribution is -2.55. The fourth-order valence-corrected chi connectivity index (χ4v) is 12.2. The number of rotatable bonds is 3. The van der Waals surface area contributed by atoms with Gasteiger partial charge in [0.25, 0.3) is 0 Å². The molecule has 0 aromatic heterocycles. The first-order chi connectivity index (χ1) is 11.9. The number of nitrogens with zero attached hydrogens (tertiary/aromatic N) is 1. The summed E-state index contributed by atoms with van der Waals surface area (Å²) in [7, 11) is 0. The zero-order valence-electron chi connectivity index (χ0n) is 14.4. The lowest BCUT2D eigenvalue weighted by molar-refractivity contribution is 0.303. The van der Waals surface area contributed by atoms with Crippen molar-refractivity contribution in [2.24, 2.45) is 16.3 Å². The third-order valence-corrected chi connectivity index (χ3v) is 12.9. The largest absolute Gasteiger partial charge is 0.293 e. The average molecular weight is 420 g/mol. The second-order valence-corrected chi connectivity index (χ2v) is 13.7. The van der Waals surface area contributed by atoms with E-state index >= 15 is 0 Å². The summed E-state index contributed by atoms with van der Waals surface area (Å²) in [6.07, 6.45) is 8.51. The maximum atomic E-state index is 5.31. The van der Waals surface area contributed by atoms with E-state index in [1.165, 1.54) is 71.7 Å². The lowest BCUT2D eigenvalue weighted by atomic mass is 9.66. The van der Waals surface area contributed by atoms with Gasteiger partial charge in [0.15, 0.2) is 0 Å². The third kappa shape index (κ3) is 3.83. The minimum Gasteiger partial charge on any atom is -0.293 e. The molecule has 1 nitrogen and oxygen atoms in total. The van der Waals surface area contributed by atoms with Crippen LogP contribution in [-0.2, 0) is 0 Å². The van der Waals surface area contributed by atoms with Gasteiger partial charge in [-0.25, -0.2) is 0 Å². The molecule has 4 aliphatic heterocycles.